The standard InChI is InChI=1S/C21H25N5O2S/c1-15-5-3-6-17(16(15)2)22-19(27)13-25-8-10-26(11-9-25)14-20-23-24-21(28-20)18-7-4-12-29-18/h3-7,12H,8-11,13-14H2,1-2H3,(H,22,27). The highest BCUT2D eigenvalue weighted by molar-refractivity contribution is 7.13. The molecule has 1 aliphatic heterocycles. The van der Waals surface area contributed by atoms with Crippen LogP contribution in [0.3, 0.4) is 0 Å². The number of hydrogen-bond donors (Lipinski definition) is 1. The Balaban J connectivity index is 1.24. The van der Waals surface area contributed by atoms with E-state index >= 15 is 0 Å². The van der Waals surface area contributed by atoms with Crippen LogP contribution in [0.25, 0.3) is 10.8 Å². The number of amides is 1. The van der Waals surface area contributed by atoms with Gasteiger partial charge in [-0.2, -0.15) is 0 Å². The van der Waals surface area contributed by atoms with Crippen LogP contribution in [0, 0.1) is 13.8 Å². The van der Waals surface area contributed by atoms with E-state index < -0.39 is 0 Å². The van der Waals surface area contributed by atoms with E-state index in [-0.39, 0.29) is 5.91 Å². The minimum absolute atomic E-state index is 0.0321. The summed E-state index contributed by atoms with van der Waals surface area (Å²) in [6, 6.07) is 9.92. The van der Waals surface area contributed by atoms with Crippen molar-refractivity contribution in [3.05, 3.63) is 52.7 Å². The van der Waals surface area contributed by atoms with E-state index in [1.165, 1.54) is 5.56 Å². The molecule has 0 saturated carbocycles. The fourth-order valence-corrected chi connectivity index (χ4v) is 4.04. The summed E-state index contributed by atoms with van der Waals surface area (Å²) in [5.74, 6) is 1.25. The molecule has 0 aliphatic carbocycles. The Morgan fingerprint density at radius 1 is 1.10 bits per heavy atom. The predicted molar refractivity (Wildman–Crippen MR) is 114 cm³/mol. The Kier molecular flexibility index (Phi) is 6.03. The molecule has 0 spiro atoms. The van der Waals surface area contributed by atoms with E-state index in [2.05, 4.69) is 38.3 Å². The molecule has 1 fully saturated rings. The molecule has 1 amide bonds. The molecule has 1 aromatic carbocycles. The van der Waals surface area contributed by atoms with Crippen LogP contribution < -0.4 is 5.32 Å². The van der Waals surface area contributed by atoms with Crippen LogP contribution in [-0.4, -0.2) is 58.6 Å². The number of hydrogen-bond acceptors (Lipinski definition) is 7. The predicted octanol–water partition coefficient (Wildman–Crippen LogP) is 3.17. The van der Waals surface area contributed by atoms with E-state index in [4.69, 9.17) is 4.42 Å². The lowest BCUT2D eigenvalue weighted by Crippen LogP contribution is -2.48. The molecule has 152 valence electrons. The highest BCUT2D eigenvalue weighted by Crippen LogP contribution is 2.23. The molecule has 8 heteroatoms. The van der Waals surface area contributed by atoms with Gasteiger partial charge in [-0.15, -0.1) is 21.5 Å². The van der Waals surface area contributed by atoms with Crippen molar-refractivity contribution in [3.63, 3.8) is 0 Å². The number of carbonyl (C=O) groups is 1. The van der Waals surface area contributed by atoms with Gasteiger partial charge in [0.25, 0.3) is 5.89 Å². The third-order valence-corrected chi connectivity index (χ3v) is 6.13. The highest BCUT2D eigenvalue weighted by Gasteiger charge is 2.21. The van der Waals surface area contributed by atoms with Crippen molar-refractivity contribution in [2.75, 3.05) is 38.0 Å². The van der Waals surface area contributed by atoms with Gasteiger partial charge >= 0.3 is 0 Å². The van der Waals surface area contributed by atoms with Gasteiger partial charge in [0, 0.05) is 31.9 Å². The van der Waals surface area contributed by atoms with Crippen LogP contribution in [-0.2, 0) is 11.3 Å². The van der Waals surface area contributed by atoms with Crippen LogP contribution >= 0.6 is 11.3 Å². The van der Waals surface area contributed by atoms with E-state index in [0.717, 1.165) is 42.3 Å². The number of piperazine rings is 1. The number of anilines is 1. The molecule has 3 aromatic rings. The summed E-state index contributed by atoms with van der Waals surface area (Å²) in [4.78, 5) is 17.9. The maximum Gasteiger partial charge on any atom is 0.257 e. The van der Waals surface area contributed by atoms with Gasteiger partial charge in [0.1, 0.15) is 0 Å². The minimum Gasteiger partial charge on any atom is -0.419 e. The summed E-state index contributed by atoms with van der Waals surface area (Å²) in [5.41, 5.74) is 3.19. The number of benzene rings is 1. The molecule has 0 atom stereocenters. The van der Waals surface area contributed by atoms with Crippen molar-refractivity contribution in [3.8, 4) is 10.8 Å². The van der Waals surface area contributed by atoms with Crippen molar-refractivity contribution in [2.24, 2.45) is 0 Å². The molecule has 1 N–H and O–H groups in total. The lowest BCUT2D eigenvalue weighted by Gasteiger charge is -2.33. The van der Waals surface area contributed by atoms with Gasteiger partial charge in [-0.05, 0) is 42.5 Å². The number of aromatic nitrogens is 2. The highest BCUT2D eigenvalue weighted by atomic mass is 32.1. The van der Waals surface area contributed by atoms with Gasteiger partial charge in [-0.1, -0.05) is 18.2 Å². The van der Waals surface area contributed by atoms with Crippen LogP contribution in [0.1, 0.15) is 17.0 Å². The zero-order chi connectivity index (χ0) is 20.2. The SMILES string of the molecule is Cc1cccc(NC(=O)CN2CCN(Cc3nnc(-c4cccs4)o3)CC2)c1C. The molecule has 0 unspecified atom stereocenters. The van der Waals surface area contributed by atoms with Crippen molar-refractivity contribution in [1.82, 2.24) is 20.0 Å². The molecular formula is C21H25N5O2S. The Morgan fingerprint density at radius 3 is 2.66 bits per heavy atom. The first-order valence-electron chi connectivity index (χ1n) is 9.75. The lowest BCUT2D eigenvalue weighted by molar-refractivity contribution is -0.117. The van der Waals surface area contributed by atoms with Crippen LogP contribution in [0.2, 0.25) is 0 Å². The first-order valence-corrected chi connectivity index (χ1v) is 10.6. The average Bonchev–Trinajstić information content (AvgIpc) is 3.39. The summed E-state index contributed by atoms with van der Waals surface area (Å²) in [5, 5.41) is 13.3. The first-order chi connectivity index (χ1) is 14.1. The Labute approximate surface area is 174 Å². The summed E-state index contributed by atoms with van der Waals surface area (Å²) >= 11 is 1.59. The fraction of sp³-hybridized carbons (Fsp3) is 0.381. The van der Waals surface area contributed by atoms with E-state index in [0.29, 0.717) is 24.9 Å². The molecule has 29 heavy (non-hydrogen) atoms. The number of rotatable bonds is 6. The van der Waals surface area contributed by atoms with E-state index in [1.807, 2.05) is 36.6 Å². The summed E-state index contributed by atoms with van der Waals surface area (Å²) < 4.78 is 5.78. The number of carbonyl (C=O) groups excluding carboxylic acids is 1. The number of aryl methyl sites for hydroxylation is 1. The Hall–Kier alpha value is -2.55. The average molecular weight is 412 g/mol. The molecule has 1 aliphatic rings. The quantitative estimate of drug-likeness (QED) is 0.672. The number of thiophene rings is 1. The van der Waals surface area contributed by atoms with Gasteiger partial charge in [0.05, 0.1) is 18.0 Å². The smallest absolute Gasteiger partial charge is 0.257 e. The van der Waals surface area contributed by atoms with Crippen molar-refractivity contribution >= 4 is 22.9 Å². The monoisotopic (exact) mass is 411 g/mol. The Bertz CT molecular complexity index is 961. The second-order valence-electron chi connectivity index (χ2n) is 7.33. The van der Waals surface area contributed by atoms with E-state index in [9.17, 15) is 4.79 Å². The molecule has 2 aromatic heterocycles. The van der Waals surface area contributed by atoms with Gasteiger partial charge in [-0.25, -0.2) is 0 Å². The molecule has 0 bridgehead atoms. The zero-order valence-electron chi connectivity index (χ0n) is 16.7. The topological polar surface area (TPSA) is 74.5 Å². The van der Waals surface area contributed by atoms with Gasteiger partial charge in [-0.3, -0.25) is 14.6 Å². The van der Waals surface area contributed by atoms with Crippen molar-refractivity contribution in [2.45, 2.75) is 20.4 Å². The van der Waals surface area contributed by atoms with Gasteiger partial charge in [0.2, 0.25) is 11.8 Å². The lowest BCUT2D eigenvalue weighted by atomic mass is 10.1. The third-order valence-electron chi connectivity index (χ3n) is 5.27. The summed E-state index contributed by atoms with van der Waals surface area (Å²) in [6.45, 7) is 8.55. The van der Waals surface area contributed by atoms with Gasteiger partial charge < -0.3 is 9.73 Å². The summed E-state index contributed by atoms with van der Waals surface area (Å²) in [6.07, 6.45) is 0. The second-order valence-corrected chi connectivity index (χ2v) is 8.27. The van der Waals surface area contributed by atoms with Crippen LogP contribution in [0.4, 0.5) is 5.69 Å². The molecule has 3 heterocycles. The Morgan fingerprint density at radius 2 is 1.90 bits per heavy atom. The maximum absolute atomic E-state index is 12.4. The normalized spacial score (nSPS) is 15.5. The minimum atomic E-state index is 0.0321. The molecule has 1 saturated heterocycles. The fourth-order valence-electron chi connectivity index (χ4n) is 3.39. The van der Waals surface area contributed by atoms with Crippen LogP contribution in [0.15, 0.2) is 40.1 Å². The van der Waals surface area contributed by atoms with Crippen molar-refractivity contribution in [1.29, 1.82) is 0 Å². The molecular weight excluding hydrogens is 386 g/mol. The van der Waals surface area contributed by atoms with Gasteiger partial charge in [0.15, 0.2) is 0 Å². The second kappa shape index (κ2) is 8.86. The first kappa shape index (κ1) is 19.8. The molecule has 4 rings (SSSR count). The maximum atomic E-state index is 12.4. The van der Waals surface area contributed by atoms with Crippen molar-refractivity contribution < 1.29 is 9.21 Å². The third kappa shape index (κ3) is 4.90. The summed E-state index contributed by atoms with van der Waals surface area (Å²) in [7, 11) is 0. The molecule has 7 nitrogen and oxygen atoms in total. The number of nitrogens with one attached hydrogen (secondary N) is 1. The van der Waals surface area contributed by atoms with E-state index in [1.54, 1.807) is 11.3 Å². The number of nitrogens with zero attached hydrogens (tertiary/aromatic N) is 4. The molecule has 0 radical (unpaired) electrons. The van der Waals surface area contributed by atoms with Crippen LogP contribution in [0.5, 0.6) is 0 Å². The zero-order valence-corrected chi connectivity index (χ0v) is 17.5. The largest absolute Gasteiger partial charge is 0.419 e.